The van der Waals surface area contributed by atoms with Gasteiger partial charge in [0.15, 0.2) is 0 Å². The maximum absolute atomic E-state index is 3.63. The molecule has 0 heterocycles. The zero-order chi connectivity index (χ0) is 11.4. The van der Waals surface area contributed by atoms with Gasteiger partial charge in [0.1, 0.15) is 0 Å². The minimum absolute atomic E-state index is 0.622. The third-order valence-corrected chi connectivity index (χ3v) is 3.30. The van der Waals surface area contributed by atoms with Crippen LogP contribution in [0.3, 0.4) is 0 Å². The molecule has 0 aliphatic heterocycles. The van der Waals surface area contributed by atoms with E-state index in [0.29, 0.717) is 4.83 Å². The molecule has 0 N–H and O–H groups in total. The number of benzene rings is 1. The molecule has 1 heteroatoms. The molecule has 0 saturated carbocycles. The summed E-state index contributed by atoms with van der Waals surface area (Å²) in [6.45, 7) is 8.99. The van der Waals surface area contributed by atoms with E-state index in [4.69, 9.17) is 0 Å². The van der Waals surface area contributed by atoms with Crippen LogP contribution in [0.4, 0.5) is 0 Å². The van der Waals surface area contributed by atoms with Gasteiger partial charge in [0.2, 0.25) is 0 Å². The van der Waals surface area contributed by atoms with Crippen LogP contribution >= 0.6 is 15.9 Å². The second kappa shape index (κ2) is 5.69. The van der Waals surface area contributed by atoms with E-state index in [0.717, 1.165) is 5.92 Å². The van der Waals surface area contributed by atoms with Gasteiger partial charge in [-0.2, -0.15) is 0 Å². The lowest BCUT2D eigenvalue weighted by atomic mass is 9.91. The van der Waals surface area contributed by atoms with Gasteiger partial charge in [-0.05, 0) is 49.3 Å². The largest absolute Gasteiger partial charge is 0.0894 e. The van der Waals surface area contributed by atoms with Crippen LogP contribution in [0, 0.1) is 19.8 Å². The van der Waals surface area contributed by atoms with Crippen molar-refractivity contribution in [3.63, 3.8) is 0 Å². The zero-order valence-corrected chi connectivity index (χ0v) is 11.8. The Labute approximate surface area is 102 Å². The van der Waals surface area contributed by atoms with Gasteiger partial charge in [-0.3, -0.25) is 0 Å². The van der Waals surface area contributed by atoms with E-state index in [1.54, 1.807) is 0 Å². The molecule has 84 valence electrons. The van der Waals surface area contributed by atoms with Crippen molar-refractivity contribution < 1.29 is 0 Å². The Morgan fingerprint density at radius 2 is 1.67 bits per heavy atom. The van der Waals surface area contributed by atoms with Gasteiger partial charge in [0.05, 0.1) is 0 Å². The monoisotopic (exact) mass is 268 g/mol. The quantitative estimate of drug-likeness (QED) is 0.697. The Hall–Kier alpha value is -0.300. The SMILES string of the molecule is Cc1cccc(C)c1CC(C)CC(C)Br. The van der Waals surface area contributed by atoms with Crippen molar-refractivity contribution in [1.82, 2.24) is 0 Å². The smallest absolute Gasteiger partial charge is 0.0120 e. The Kier molecular flexibility index (Phi) is 4.85. The van der Waals surface area contributed by atoms with Crippen LogP contribution in [0.2, 0.25) is 0 Å². The molecule has 0 saturated heterocycles. The molecule has 0 fully saturated rings. The maximum atomic E-state index is 3.63. The first kappa shape index (κ1) is 12.8. The molecule has 0 bridgehead atoms. The summed E-state index contributed by atoms with van der Waals surface area (Å²) in [5.74, 6) is 0.749. The van der Waals surface area contributed by atoms with E-state index in [2.05, 4.69) is 61.8 Å². The summed E-state index contributed by atoms with van der Waals surface area (Å²) in [6, 6.07) is 6.57. The second-order valence-electron chi connectivity index (χ2n) is 4.70. The van der Waals surface area contributed by atoms with Crippen LogP contribution in [-0.2, 0) is 6.42 Å². The molecule has 0 aliphatic carbocycles. The second-order valence-corrected chi connectivity index (χ2v) is 6.26. The first-order valence-corrected chi connectivity index (χ1v) is 6.61. The highest BCUT2D eigenvalue weighted by Crippen LogP contribution is 2.21. The number of alkyl halides is 1. The van der Waals surface area contributed by atoms with Crippen LogP contribution in [-0.4, -0.2) is 4.83 Å². The predicted octanol–water partition coefficient (Wildman–Crippen LogP) is 4.66. The molecule has 0 nitrogen and oxygen atoms in total. The van der Waals surface area contributed by atoms with Gasteiger partial charge < -0.3 is 0 Å². The van der Waals surface area contributed by atoms with E-state index in [1.807, 2.05) is 0 Å². The normalized spacial score (nSPS) is 15.0. The molecular formula is C14H21Br. The molecule has 0 aliphatic rings. The molecule has 15 heavy (non-hydrogen) atoms. The van der Waals surface area contributed by atoms with Gasteiger partial charge in [-0.15, -0.1) is 0 Å². The minimum atomic E-state index is 0.622. The van der Waals surface area contributed by atoms with Crippen molar-refractivity contribution in [3.05, 3.63) is 34.9 Å². The highest BCUT2D eigenvalue weighted by atomic mass is 79.9. The zero-order valence-electron chi connectivity index (χ0n) is 10.2. The lowest BCUT2D eigenvalue weighted by Crippen LogP contribution is -2.07. The number of halogens is 1. The van der Waals surface area contributed by atoms with E-state index in [9.17, 15) is 0 Å². The van der Waals surface area contributed by atoms with Crippen LogP contribution in [0.1, 0.15) is 37.0 Å². The summed E-state index contributed by atoms with van der Waals surface area (Å²) in [7, 11) is 0. The predicted molar refractivity (Wildman–Crippen MR) is 71.8 cm³/mol. The Morgan fingerprint density at radius 3 is 2.13 bits per heavy atom. The van der Waals surface area contributed by atoms with Crippen molar-refractivity contribution in [3.8, 4) is 0 Å². The topological polar surface area (TPSA) is 0 Å². The van der Waals surface area contributed by atoms with E-state index in [-0.39, 0.29) is 0 Å². The van der Waals surface area contributed by atoms with Crippen LogP contribution in [0.5, 0.6) is 0 Å². The summed E-state index contributed by atoms with van der Waals surface area (Å²) in [5, 5.41) is 0. The number of aryl methyl sites for hydroxylation is 2. The van der Waals surface area contributed by atoms with Crippen molar-refractivity contribution >= 4 is 15.9 Å². The van der Waals surface area contributed by atoms with Crippen LogP contribution in [0.25, 0.3) is 0 Å². The van der Waals surface area contributed by atoms with Crippen LogP contribution in [0.15, 0.2) is 18.2 Å². The summed E-state index contributed by atoms with van der Waals surface area (Å²) in [6.07, 6.45) is 2.45. The first-order valence-electron chi connectivity index (χ1n) is 5.70. The molecule has 1 rings (SSSR count). The number of hydrogen-bond acceptors (Lipinski definition) is 0. The fourth-order valence-corrected chi connectivity index (χ4v) is 2.80. The van der Waals surface area contributed by atoms with Crippen LogP contribution < -0.4 is 0 Å². The number of rotatable bonds is 4. The van der Waals surface area contributed by atoms with E-state index < -0.39 is 0 Å². The highest BCUT2D eigenvalue weighted by molar-refractivity contribution is 9.09. The fraction of sp³-hybridized carbons (Fsp3) is 0.571. The molecule has 0 radical (unpaired) electrons. The maximum Gasteiger partial charge on any atom is 0.0120 e. The van der Waals surface area contributed by atoms with Gasteiger partial charge >= 0.3 is 0 Å². The molecule has 0 spiro atoms. The van der Waals surface area contributed by atoms with Crippen molar-refractivity contribution in [2.24, 2.45) is 5.92 Å². The third kappa shape index (κ3) is 3.98. The molecule has 2 unspecified atom stereocenters. The lowest BCUT2D eigenvalue weighted by molar-refractivity contribution is 0.530. The Bertz CT molecular complexity index is 295. The number of hydrogen-bond donors (Lipinski definition) is 0. The molecule has 2 atom stereocenters. The standard InChI is InChI=1S/C14H21Br/c1-10(8-13(4)15)9-14-11(2)6-5-7-12(14)3/h5-7,10,13H,8-9H2,1-4H3. The molecular weight excluding hydrogens is 248 g/mol. The first-order chi connectivity index (χ1) is 7.00. The fourth-order valence-electron chi connectivity index (χ4n) is 2.16. The van der Waals surface area contributed by atoms with Gasteiger partial charge in [0.25, 0.3) is 0 Å². The lowest BCUT2D eigenvalue weighted by Gasteiger charge is -2.16. The average Bonchev–Trinajstić information content (AvgIpc) is 2.10. The third-order valence-electron chi connectivity index (χ3n) is 2.92. The average molecular weight is 269 g/mol. The van der Waals surface area contributed by atoms with Gasteiger partial charge in [-0.1, -0.05) is 48.0 Å². The molecule has 1 aromatic rings. The molecule has 1 aromatic carbocycles. The summed E-state index contributed by atoms with van der Waals surface area (Å²) < 4.78 is 0. The Balaban J connectivity index is 2.71. The minimum Gasteiger partial charge on any atom is -0.0894 e. The van der Waals surface area contributed by atoms with E-state index in [1.165, 1.54) is 29.5 Å². The molecule has 0 amide bonds. The summed E-state index contributed by atoms with van der Waals surface area (Å²) in [4.78, 5) is 0.622. The van der Waals surface area contributed by atoms with Crippen molar-refractivity contribution in [2.75, 3.05) is 0 Å². The highest BCUT2D eigenvalue weighted by Gasteiger charge is 2.10. The van der Waals surface area contributed by atoms with Gasteiger partial charge in [-0.25, -0.2) is 0 Å². The van der Waals surface area contributed by atoms with Crippen molar-refractivity contribution in [1.29, 1.82) is 0 Å². The van der Waals surface area contributed by atoms with Gasteiger partial charge in [0, 0.05) is 4.83 Å². The summed E-state index contributed by atoms with van der Waals surface area (Å²) >= 11 is 3.63. The summed E-state index contributed by atoms with van der Waals surface area (Å²) in [5.41, 5.74) is 4.41. The van der Waals surface area contributed by atoms with Crippen molar-refractivity contribution in [2.45, 2.75) is 45.4 Å². The Morgan fingerprint density at radius 1 is 1.13 bits per heavy atom. The molecule has 0 aromatic heterocycles. The van der Waals surface area contributed by atoms with E-state index >= 15 is 0 Å².